The van der Waals surface area contributed by atoms with Gasteiger partial charge < -0.3 is 10.6 Å². The van der Waals surface area contributed by atoms with Gasteiger partial charge in [0, 0.05) is 29.1 Å². The number of aromatic nitrogens is 4. The molecule has 4 rings (SSSR count). The molecule has 0 bridgehead atoms. The highest BCUT2D eigenvalue weighted by molar-refractivity contribution is 5.94. The second-order valence-corrected chi connectivity index (χ2v) is 8.11. The highest BCUT2D eigenvalue weighted by Crippen LogP contribution is 2.17. The Balaban J connectivity index is 1.44. The number of benzene rings is 2. The molecule has 2 amide bonds. The number of nitrogens with one attached hydrogen (secondary N) is 2. The fraction of sp³-hybridized carbons (Fsp3) is 0.240. The zero-order valence-corrected chi connectivity index (χ0v) is 19.2. The van der Waals surface area contributed by atoms with Crippen LogP contribution >= 0.6 is 0 Å². The van der Waals surface area contributed by atoms with Gasteiger partial charge in [0.25, 0.3) is 11.7 Å². The molecule has 4 aromatic rings. The molecule has 9 heteroatoms. The smallest absolute Gasteiger partial charge is 0.252 e. The Kier molecular flexibility index (Phi) is 6.62. The standard InChI is InChI=1S/C25H25FN6O2/c1-15-6-4-9-20(12-15)29-23(33)11-10-21-16(2)28-25-30-22(31-32(25)17(21)3)14-27-24(34)18-7-5-8-19(26)13-18/h4-9,12-13H,10-11,14H2,1-3H3,(H,27,34)(H,29,33). The lowest BCUT2D eigenvalue weighted by molar-refractivity contribution is -0.116. The van der Waals surface area contributed by atoms with Crippen LogP contribution in [0.25, 0.3) is 5.78 Å². The van der Waals surface area contributed by atoms with Crippen LogP contribution in [0, 0.1) is 26.6 Å². The number of rotatable bonds is 7. The third kappa shape index (κ3) is 5.25. The second kappa shape index (κ2) is 9.78. The van der Waals surface area contributed by atoms with Crippen LogP contribution < -0.4 is 10.6 Å². The number of nitrogens with zero attached hydrogens (tertiary/aromatic N) is 4. The third-order valence-electron chi connectivity index (χ3n) is 5.49. The summed E-state index contributed by atoms with van der Waals surface area (Å²) in [5, 5.41) is 10.1. The molecule has 2 heterocycles. The number of carbonyl (C=O) groups excluding carboxylic acids is 2. The van der Waals surface area contributed by atoms with E-state index in [2.05, 4.69) is 25.7 Å². The van der Waals surface area contributed by atoms with Crippen LogP contribution in [-0.4, -0.2) is 31.4 Å². The van der Waals surface area contributed by atoms with Crippen molar-refractivity contribution in [1.82, 2.24) is 24.9 Å². The van der Waals surface area contributed by atoms with E-state index >= 15 is 0 Å². The molecule has 0 aliphatic carbocycles. The Labute approximate surface area is 196 Å². The summed E-state index contributed by atoms with van der Waals surface area (Å²) in [5.74, 6) is -0.177. The number of anilines is 1. The molecule has 0 aliphatic heterocycles. The van der Waals surface area contributed by atoms with E-state index in [-0.39, 0.29) is 18.0 Å². The highest BCUT2D eigenvalue weighted by atomic mass is 19.1. The molecule has 0 aliphatic rings. The minimum Gasteiger partial charge on any atom is -0.345 e. The molecule has 0 unspecified atom stereocenters. The van der Waals surface area contributed by atoms with Gasteiger partial charge in [-0.15, -0.1) is 5.10 Å². The molecule has 0 radical (unpaired) electrons. The summed E-state index contributed by atoms with van der Waals surface area (Å²) in [7, 11) is 0. The van der Waals surface area contributed by atoms with Crippen molar-refractivity contribution in [3.05, 3.63) is 88.3 Å². The lowest BCUT2D eigenvalue weighted by Gasteiger charge is -2.11. The lowest BCUT2D eigenvalue weighted by Crippen LogP contribution is -2.23. The van der Waals surface area contributed by atoms with Crippen molar-refractivity contribution in [2.24, 2.45) is 0 Å². The molecule has 2 aromatic carbocycles. The molecule has 0 atom stereocenters. The summed E-state index contributed by atoms with van der Waals surface area (Å²) < 4.78 is 15.0. The van der Waals surface area contributed by atoms with Crippen LogP contribution in [0.15, 0.2) is 48.5 Å². The first-order chi connectivity index (χ1) is 16.3. The normalized spacial score (nSPS) is 10.9. The van der Waals surface area contributed by atoms with E-state index in [0.717, 1.165) is 28.2 Å². The second-order valence-electron chi connectivity index (χ2n) is 8.11. The predicted octanol–water partition coefficient (Wildman–Crippen LogP) is 3.69. The average Bonchev–Trinajstić information content (AvgIpc) is 3.20. The van der Waals surface area contributed by atoms with E-state index in [0.29, 0.717) is 24.4 Å². The van der Waals surface area contributed by atoms with E-state index in [4.69, 9.17) is 0 Å². The molecule has 0 spiro atoms. The van der Waals surface area contributed by atoms with Crippen molar-refractivity contribution < 1.29 is 14.0 Å². The average molecular weight is 461 g/mol. The van der Waals surface area contributed by atoms with Crippen LogP contribution in [0.1, 0.15) is 45.1 Å². The Morgan fingerprint density at radius 3 is 2.59 bits per heavy atom. The monoisotopic (exact) mass is 460 g/mol. The molecular weight excluding hydrogens is 435 g/mol. The molecule has 2 aromatic heterocycles. The number of amides is 2. The largest absolute Gasteiger partial charge is 0.345 e. The van der Waals surface area contributed by atoms with Crippen LogP contribution in [0.4, 0.5) is 10.1 Å². The fourth-order valence-corrected chi connectivity index (χ4v) is 3.76. The van der Waals surface area contributed by atoms with E-state index in [9.17, 15) is 14.0 Å². The van der Waals surface area contributed by atoms with Crippen LogP contribution in [0.2, 0.25) is 0 Å². The first-order valence-corrected chi connectivity index (χ1v) is 10.9. The number of hydrogen-bond donors (Lipinski definition) is 2. The van der Waals surface area contributed by atoms with E-state index in [1.54, 1.807) is 4.52 Å². The molecule has 8 nitrogen and oxygen atoms in total. The minimum absolute atomic E-state index is 0.0748. The Morgan fingerprint density at radius 2 is 1.82 bits per heavy atom. The Bertz CT molecular complexity index is 1380. The van der Waals surface area contributed by atoms with Gasteiger partial charge in [0.2, 0.25) is 5.91 Å². The molecule has 34 heavy (non-hydrogen) atoms. The molecule has 2 N–H and O–H groups in total. The summed E-state index contributed by atoms with van der Waals surface area (Å²) >= 11 is 0. The van der Waals surface area contributed by atoms with Gasteiger partial charge in [-0.05, 0) is 68.7 Å². The number of halogens is 1. The van der Waals surface area contributed by atoms with Gasteiger partial charge in [-0.2, -0.15) is 4.98 Å². The predicted molar refractivity (Wildman–Crippen MR) is 126 cm³/mol. The van der Waals surface area contributed by atoms with Gasteiger partial charge in [-0.25, -0.2) is 13.9 Å². The number of carbonyl (C=O) groups is 2. The number of fused-ring (bicyclic) bond motifs is 1. The summed E-state index contributed by atoms with van der Waals surface area (Å²) in [6, 6.07) is 13.1. The highest BCUT2D eigenvalue weighted by Gasteiger charge is 2.16. The van der Waals surface area contributed by atoms with Crippen molar-refractivity contribution in [3.63, 3.8) is 0 Å². The summed E-state index contributed by atoms with van der Waals surface area (Å²) in [5.41, 5.74) is 4.60. The molecule has 0 saturated heterocycles. The zero-order valence-electron chi connectivity index (χ0n) is 19.2. The van der Waals surface area contributed by atoms with Crippen molar-refractivity contribution in [2.75, 3.05) is 5.32 Å². The summed E-state index contributed by atoms with van der Waals surface area (Å²) in [6.45, 7) is 5.83. The van der Waals surface area contributed by atoms with Gasteiger partial charge in [0.05, 0.1) is 6.54 Å². The Hall–Kier alpha value is -4.14. The maximum atomic E-state index is 13.3. The SMILES string of the molecule is Cc1cccc(NC(=O)CCc2c(C)nc3nc(CNC(=O)c4cccc(F)c4)nn3c2C)c1. The molecule has 0 fully saturated rings. The topological polar surface area (TPSA) is 101 Å². The first kappa shape index (κ1) is 23.0. The van der Waals surface area contributed by atoms with E-state index in [1.165, 1.54) is 24.3 Å². The number of hydrogen-bond acceptors (Lipinski definition) is 5. The van der Waals surface area contributed by atoms with Gasteiger partial charge in [0.15, 0.2) is 5.82 Å². The quantitative estimate of drug-likeness (QED) is 0.438. The first-order valence-electron chi connectivity index (χ1n) is 10.9. The van der Waals surface area contributed by atoms with E-state index in [1.807, 2.05) is 45.0 Å². The van der Waals surface area contributed by atoms with Crippen LogP contribution in [0.5, 0.6) is 0 Å². The van der Waals surface area contributed by atoms with Crippen molar-refractivity contribution in [2.45, 2.75) is 40.2 Å². The lowest BCUT2D eigenvalue weighted by atomic mass is 10.1. The zero-order chi connectivity index (χ0) is 24.2. The maximum absolute atomic E-state index is 13.3. The minimum atomic E-state index is -0.478. The Morgan fingerprint density at radius 1 is 1.03 bits per heavy atom. The van der Waals surface area contributed by atoms with Gasteiger partial charge in [-0.3, -0.25) is 9.59 Å². The van der Waals surface area contributed by atoms with Crippen molar-refractivity contribution >= 4 is 23.3 Å². The van der Waals surface area contributed by atoms with Gasteiger partial charge in [0.1, 0.15) is 5.82 Å². The maximum Gasteiger partial charge on any atom is 0.252 e. The van der Waals surface area contributed by atoms with Crippen molar-refractivity contribution in [3.8, 4) is 0 Å². The molecule has 174 valence electrons. The molecule has 0 saturated carbocycles. The summed E-state index contributed by atoms with van der Waals surface area (Å²) in [6.07, 6.45) is 0.803. The molecular formula is C25H25FN6O2. The number of aryl methyl sites for hydroxylation is 3. The summed E-state index contributed by atoms with van der Waals surface area (Å²) in [4.78, 5) is 33.6. The van der Waals surface area contributed by atoms with Crippen molar-refractivity contribution in [1.29, 1.82) is 0 Å². The van der Waals surface area contributed by atoms with E-state index < -0.39 is 11.7 Å². The van der Waals surface area contributed by atoms with Crippen LogP contribution in [0.3, 0.4) is 0 Å². The third-order valence-corrected chi connectivity index (χ3v) is 5.49. The van der Waals surface area contributed by atoms with Crippen LogP contribution in [-0.2, 0) is 17.8 Å². The van der Waals surface area contributed by atoms with Gasteiger partial charge in [-0.1, -0.05) is 18.2 Å². The van der Waals surface area contributed by atoms with Gasteiger partial charge >= 0.3 is 0 Å². The fourth-order valence-electron chi connectivity index (χ4n) is 3.76.